The Labute approximate surface area is 187 Å². The van der Waals surface area contributed by atoms with Gasteiger partial charge in [0, 0.05) is 44.1 Å². The van der Waals surface area contributed by atoms with Crippen molar-refractivity contribution in [1.82, 2.24) is 14.3 Å². The first kappa shape index (κ1) is 22.1. The number of amides is 2. The molecular formula is C22H22F3N5OS. The smallest absolute Gasteiger partial charge is 0.345 e. The molecule has 6 nitrogen and oxygen atoms in total. The third-order valence-corrected chi connectivity index (χ3v) is 6.00. The number of carbonyl (C=O) groups is 1. The first-order chi connectivity index (χ1) is 15.4. The number of benzene rings is 2. The lowest BCUT2D eigenvalue weighted by Gasteiger charge is -2.23. The van der Waals surface area contributed by atoms with Crippen molar-refractivity contribution >= 4 is 28.4 Å². The van der Waals surface area contributed by atoms with Crippen molar-refractivity contribution in [3.8, 4) is 0 Å². The summed E-state index contributed by atoms with van der Waals surface area (Å²) >= 11 is 1.32. The fourth-order valence-corrected chi connectivity index (χ4v) is 4.31. The van der Waals surface area contributed by atoms with E-state index in [9.17, 15) is 18.0 Å². The SMILES string of the molecule is O=C(Nc1ccccc1C(F)(F)F)N1CCCN(c2nc(Cc3ccccc3)ns2)CC1. The van der Waals surface area contributed by atoms with Gasteiger partial charge in [-0.2, -0.15) is 17.5 Å². The standard InChI is InChI=1S/C22H22F3N5OS/c23-22(24,25)17-9-4-5-10-18(17)26-20(31)29-11-6-12-30(14-13-29)21-27-19(28-32-21)15-16-7-2-1-3-8-16/h1-5,7-10H,6,11-15H2,(H,26,31). The zero-order chi connectivity index (χ0) is 22.6. The number of carbonyl (C=O) groups excluding carboxylic acids is 1. The molecule has 10 heteroatoms. The molecule has 0 radical (unpaired) electrons. The first-order valence-corrected chi connectivity index (χ1v) is 11.0. The number of para-hydroxylation sites is 1. The molecule has 2 amide bonds. The third kappa shape index (κ3) is 5.37. The second-order valence-corrected chi connectivity index (χ2v) is 8.19. The van der Waals surface area contributed by atoms with E-state index in [0.717, 1.165) is 22.6 Å². The lowest BCUT2D eigenvalue weighted by atomic mass is 10.1. The van der Waals surface area contributed by atoms with Crippen molar-refractivity contribution in [2.75, 3.05) is 36.4 Å². The summed E-state index contributed by atoms with van der Waals surface area (Å²) in [5.41, 5.74) is 0.0417. The Kier molecular flexibility index (Phi) is 6.59. The van der Waals surface area contributed by atoms with Crippen LogP contribution >= 0.6 is 11.5 Å². The van der Waals surface area contributed by atoms with E-state index in [-0.39, 0.29) is 5.69 Å². The average Bonchev–Trinajstić information content (AvgIpc) is 3.08. The van der Waals surface area contributed by atoms with E-state index in [1.165, 1.54) is 29.7 Å². The van der Waals surface area contributed by atoms with Gasteiger partial charge in [-0.15, -0.1) is 0 Å². The number of alkyl halides is 3. The van der Waals surface area contributed by atoms with Gasteiger partial charge in [0.15, 0.2) is 0 Å². The summed E-state index contributed by atoms with van der Waals surface area (Å²) < 4.78 is 44.1. The first-order valence-electron chi connectivity index (χ1n) is 10.2. The normalized spacial score (nSPS) is 14.8. The molecule has 1 aliphatic heterocycles. The summed E-state index contributed by atoms with van der Waals surface area (Å²) in [7, 11) is 0. The van der Waals surface area contributed by atoms with Crippen LogP contribution in [-0.2, 0) is 12.6 Å². The van der Waals surface area contributed by atoms with Crippen LogP contribution in [0.25, 0.3) is 0 Å². The largest absolute Gasteiger partial charge is 0.418 e. The Balaban J connectivity index is 1.37. The molecule has 32 heavy (non-hydrogen) atoms. The average molecular weight is 462 g/mol. The number of anilines is 2. The maximum absolute atomic E-state index is 13.2. The summed E-state index contributed by atoms with van der Waals surface area (Å²) in [6, 6.07) is 14.4. The summed E-state index contributed by atoms with van der Waals surface area (Å²) in [5, 5.41) is 3.22. The lowest BCUT2D eigenvalue weighted by Crippen LogP contribution is -2.38. The van der Waals surface area contributed by atoms with E-state index in [2.05, 4.69) is 19.6 Å². The molecule has 0 aliphatic carbocycles. The van der Waals surface area contributed by atoms with Gasteiger partial charge in [-0.1, -0.05) is 42.5 Å². The molecule has 0 unspecified atom stereocenters. The molecule has 1 fully saturated rings. The van der Waals surface area contributed by atoms with E-state index in [0.29, 0.717) is 39.0 Å². The summed E-state index contributed by atoms with van der Waals surface area (Å²) in [6.07, 6.45) is -3.20. The van der Waals surface area contributed by atoms with Crippen LogP contribution in [0.3, 0.4) is 0 Å². The van der Waals surface area contributed by atoms with Gasteiger partial charge in [0.25, 0.3) is 0 Å². The molecular weight excluding hydrogens is 439 g/mol. The predicted molar refractivity (Wildman–Crippen MR) is 118 cm³/mol. The number of rotatable bonds is 4. The number of halogens is 3. The van der Waals surface area contributed by atoms with Gasteiger partial charge in [-0.25, -0.2) is 9.78 Å². The molecule has 0 bridgehead atoms. The number of aromatic nitrogens is 2. The number of nitrogens with zero attached hydrogens (tertiary/aromatic N) is 4. The van der Waals surface area contributed by atoms with Gasteiger partial charge in [0.05, 0.1) is 11.3 Å². The Morgan fingerprint density at radius 3 is 2.53 bits per heavy atom. The van der Waals surface area contributed by atoms with E-state index >= 15 is 0 Å². The molecule has 1 aliphatic rings. The van der Waals surface area contributed by atoms with Crippen molar-refractivity contribution < 1.29 is 18.0 Å². The molecule has 0 saturated carbocycles. The van der Waals surface area contributed by atoms with Gasteiger partial charge in [0.1, 0.15) is 5.82 Å². The maximum Gasteiger partial charge on any atom is 0.418 e. The monoisotopic (exact) mass is 461 g/mol. The van der Waals surface area contributed by atoms with Crippen LogP contribution in [0, 0.1) is 0 Å². The number of urea groups is 1. The highest BCUT2D eigenvalue weighted by molar-refractivity contribution is 7.09. The van der Waals surface area contributed by atoms with Crippen LogP contribution in [0.15, 0.2) is 54.6 Å². The molecule has 4 rings (SSSR count). The molecule has 1 N–H and O–H groups in total. The Morgan fingerprint density at radius 2 is 1.75 bits per heavy atom. The van der Waals surface area contributed by atoms with Crippen LogP contribution in [0.5, 0.6) is 0 Å². The number of hydrogen-bond donors (Lipinski definition) is 1. The van der Waals surface area contributed by atoms with E-state index < -0.39 is 17.8 Å². The van der Waals surface area contributed by atoms with E-state index in [4.69, 9.17) is 0 Å². The van der Waals surface area contributed by atoms with Gasteiger partial charge >= 0.3 is 12.2 Å². The highest BCUT2D eigenvalue weighted by Gasteiger charge is 2.34. The van der Waals surface area contributed by atoms with E-state index in [1.807, 2.05) is 30.3 Å². The second kappa shape index (κ2) is 9.56. The van der Waals surface area contributed by atoms with Crippen LogP contribution in [0.4, 0.5) is 28.8 Å². The molecule has 0 spiro atoms. The minimum atomic E-state index is -4.53. The van der Waals surface area contributed by atoms with Crippen LogP contribution in [0.2, 0.25) is 0 Å². The minimum absolute atomic E-state index is 0.235. The Hall–Kier alpha value is -3.14. The quantitative estimate of drug-likeness (QED) is 0.601. The van der Waals surface area contributed by atoms with E-state index in [1.54, 1.807) is 4.90 Å². The summed E-state index contributed by atoms with van der Waals surface area (Å²) in [6.45, 7) is 2.07. The molecule has 2 heterocycles. The molecule has 168 valence electrons. The molecule has 1 aromatic heterocycles. The summed E-state index contributed by atoms with van der Waals surface area (Å²) in [4.78, 5) is 20.9. The maximum atomic E-state index is 13.2. The number of hydrogen-bond acceptors (Lipinski definition) is 5. The molecule has 1 saturated heterocycles. The lowest BCUT2D eigenvalue weighted by molar-refractivity contribution is -0.136. The van der Waals surface area contributed by atoms with Crippen molar-refractivity contribution in [3.63, 3.8) is 0 Å². The zero-order valence-electron chi connectivity index (χ0n) is 17.2. The van der Waals surface area contributed by atoms with Crippen LogP contribution in [0.1, 0.15) is 23.4 Å². The fourth-order valence-electron chi connectivity index (χ4n) is 3.57. The van der Waals surface area contributed by atoms with Crippen LogP contribution < -0.4 is 10.2 Å². The minimum Gasteiger partial charge on any atom is -0.345 e. The van der Waals surface area contributed by atoms with Crippen molar-refractivity contribution in [2.24, 2.45) is 0 Å². The highest BCUT2D eigenvalue weighted by atomic mass is 32.1. The van der Waals surface area contributed by atoms with Crippen LogP contribution in [-0.4, -0.2) is 46.5 Å². The van der Waals surface area contributed by atoms with Crippen molar-refractivity contribution in [3.05, 3.63) is 71.5 Å². The topological polar surface area (TPSA) is 61.4 Å². The van der Waals surface area contributed by atoms with Gasteiger partial charge in [0.2, 0.25) is 5.13 Å². The van der Waals surface area contributed by atoms with Crippen molar-refractivity contribution in [1.29, 1.82) is 0 Å². The van der Waals surface area contributed by atoms with Gasteiger partial charge in [-0.3, -0.25) is 0 Å². The number of nitrogens with one attached hydrogen (secondary N) is 1. The zero-order valence-corrected chi connectivity index (χ0v) is 18.0. The summed E-state index contributed by atoms with van der Waals surface area (Å²) in [5.74, 6) is 0.749. The Morgan fingerprint density at radius 1 is 1.00 bits per heavy atom. The molecule has 0 atom stereocenters. The van der Waals surface area contributed by atoms with Crippen molar-refractivity contribution in [2.45, 2.75) is 19.0 Å². The fraction of sp³-hybridized carbons (Fsp3) is 0.318. The van der Waals surface area contributed by atoms with Gasteiger partial charge in [-0.05, 0) is 24.1 Å². The molecule has 2 aromatic carbocycles. The second-order valence-electron chi connectivity index (χ2n) is 7.46. The predicted octanol–water partition coefficient (Wildman–Crippen LogP) is 4.89. The molecule has 3 aromatic rings. The third-order valence-electron chi connectivity index (χ3n) is 5.19. The van der Waals surface area contributed by atoms with Gasteiger partial charge < -0.3 is 15.1 Å². The highest BCUT2D eigenvalue weighted by Crippen LogP contribution is 2.34. The Bertz CT molecular complexity index is 1060.